The van der Waals surface area contributed by atoms with Crippen LogP contribution in [0.4, 0.5) is 5.82 Å². The zero-order chi connectivity index (χ0) is 14.8. The molecule has 6 nitrogen and oxygen atoms in total. The first-order chi connectivity index (χ1) is 10.1. The third-order valence-electron chi connectivity index (χ3n) is 2.97. The smallest absolute Gasteiger partial charge is 0.223 e. The largest absolute Gasteiger partial charge is 0.389 e. The third-order valence-corrected chi connectivity index (χ3v) is 3.19. The first-order valence-electron chi connectivity index (χ1n) is 6.36. The molecule has 0 aliphatic carbocycles. The highest BCUT2D eigenvalue weighted by Gasteiger charge is 2.10. The summed E-state index contributed by atoms with van der Waals surface area (Å²) in [6, 6.07) is 9.71. The molecule has 0 radical (unpaired) electrons. The van der Waals surface area contributed by atoms with Crippen LogP contribution in [0.25, 0.3) is 10.9 Å². The van der Waals surface area contributed by atoms with Crippen molar-refractivity contribution in [2.45, 2.75) is 13.5 Å². The predicted molar refractivity (Wildman–Crippen MR) is 84.0 cm³/mol. The average molecular weight is 299 g/mol. The van der Waals surface area contributed by atoms with Crippen molar-refractivity contribution in [3.05, 3.63) is 47.6 Å². The Labute approximate surface area is 126 Å². The van der Waals surface area contributed by atoms with Gasteiger partial charge < -0.3 is 15.6 Å². The fraction of sp³-hybridized carbons (Fsp3) is 0.143. The van der Waals surface area contributed by atoms with Crippen LogP contribution in [0.2, 0.25) is 0 Å². The molecule has 0 spiro atoms. The maximum atomic E-state index is 5.78. The summed E-state index contributed by atoms with van der Waals surface area (Å²) < 4.78 is 4.93. The van der Waals surface area contributed by atoms with Crippen LogP contribution in [0.15, 0.2) is 34.9 Å². The first kappa shape index (κ1) is 13.4. The van der Waals surface area contributed by atoms with Crippen molar-refractivity contribution in [2.24, 2.45) is 5.73 Å². The number of nitrogens with two attached hydrogens (primary N) is 1. The van der Waals surface area contributed by atoms with E-state index in [2.05, 4.69) is 20.4 Å². The number of pyridine rings is 1. The van der Waals surface area contributed by atoms with Gasteiger partial charge in [0.2, 0.25) is 5.89 Å². The Balaban J connectivity index is 1.95. The molecular weight excluding hydrogens is 286 g/mol. The Morgan fingerprint density at radius 3 is 2.86 bits per heavy atom. The molecule has 2 aromatic heterocycles. The molecule has 3 rings (SSSR count). The van der Waals surface area contributed by atoms with Crippen LogP contribution < -0.4 is 11.1 Å². The number of nitrogens with zero attached hydrogens (tertiary/aromatic N) is 3. The van der Waals surface area contributed by atoms with Crippen molar-refractivity contribution >= 4 is 33.9 Å². The Morgan fingerprint density at radius 1 is 1.33 bits per heavy atom. The zero-order valence-corrected chi connectivity index (χ0v) is 12.1. The number of hydrogen-bond acceptors (Lipinski definition) is 6. The maximum Gasteiger partial charge on any atom is 0.223 e. The Morgan fingerprint density at radius 2 is 2.14 bits per heavy atom. The molecule has 0 fully saturated rings. The predicted octanol–water partition coefficient (Wildman–Crippen LogP) is 2.17. The summed E-state index contributed by atoms with van der Waals surface area (Å²) in [6.07, 6.45) is 0. The van der Waals surface area contributed by atoms with E-state index in [1.165, 1.54) is 0 Å². The molecule has 0 atom stereocenters. The van der Waals surface area contributed by atoms with Gasteiger partial charge >= 0.3 is 0 Å². The van der Waals surface area contributed by atoms with Crippen LogP contribution >= 0.6 is 12.2 Å². The standard InChI is InChI=1S/C14H13N5OS/c1-8-17-12(19-20-8)7-16-14-10(13(15)21)6-9-4-2-3-5-11(9)18-14/h2-6H,7H2,1H3,(H2,15,21)(H,16,18). The number of rotatable bonds is 4. The summed E-state index contributed by atoms with van der Waals surface area (Å²) in [5.74, 6) is 1.69. The molecule has 3 aromatic rings. The van der Waals surface area contributed by atoms with Gasteiger partial charge in [-0.1, -0.05) is 35.6 Å². The van der Waals surface area contributed by atoms with Gasteiger partial charge in [-0.3, -0.25) is 0 Å². The van der Waals surface area contributed by atoms with Crippen LogP contribution in [0.3, 0.4) is 0 Å². The van der Waals surface area contributed by atoms with Gasteiger partial charge in [0.15, 0.2) is 5.82 Å². The van der Waals surface area contributed by atoms with Crippen molar-refractivity contribution in [2.75, 3.05) is 5.32 Å². The number of anilines is 1. The van der Waals surface area contributed by atoms with Crippen LogP contribution in [0, 0.1) is 6.92 Å². The quantitative estimate of drug-likeness (QED) is 0.713. The summed E-state index contributed by atoms with van der Waals surface area (Å²) in [7, 11) is 0. The molecule has 0 aliphatic heterocycles. The maximum absolute atomic E-state index is 5.78. The van der Waals surface area contributed by atoms with Crippen LogP contribution in [0.5, 0.6) is 0 Å². The molecular formula is C14H13N5OS. The fourth-order valence-electron chi connectivity index (χ4n) is 2.01. The van der Waals surface area contributed by atoms with Gasteiger partial charge in [0, 0.05) is 12.3 Å². The van der Waals surface area contributed by atoms with Crippen molar-refractivity contribution in [1.82, 2.24) is 15.1 Å². The lowest BCUT2D eigenvalue weighted by molar-refractivity contribution is 0.388. The topological polar surface area (TPSA) is 89.9 Å². The highest BCUT2D eigenvalue weighted by Crippen LogP contribution is 2.20. The number of benzene rings is 1. The molecule has 0 bridgehead atoms. The molecule has 106 valence electrons. The van der Waals surface area contributed by atoms with Crippen LogP contribution in [-0.2, 0) is 6.54 Å². The minimum atomic E-state index is 0.292. The van der Waals surface area contributed by atoms with E-state index >= 15 is 0 Å². The third kappa shape index (κ3) is 2.82. The molecule has 2 heterocycles. The molecule has 21 heavy (non-hydrogen) atoms. The van der Waals surface area contributed by atoms with Crippen LogP contribution in [-0.4, -0.2) is 20.1 Å². The first-order valence-corrected chi connectivity index (χ1v) is 6.77. The highest BCUT2D eigenvalue weighted by atomic mass is 32.1. The van der Waals surface area contributed by atoms with Crippen molar-refractivity contribution in [3.8, 4) is 0 Å². The molecule has 1 aromatic carbocycles. The van der Waals surface area contributed by atoms with Gasteiger partial charge in [0.1, 0.15) is 10.8 Å². The van der Waals surface area contributed by atoms with Crippen molar-refractivity contribution < 1.29 is 4.52 Å². The van der Waals surface area contributed by atoms with E-state index in [9.17, 15) is 0 Å². The van der Waals surface area contributed by atoms with Gasteiger partial charge in [-0.25, -0.2) is 4.98 Å². The lowest BCUT2D eigenvalue weighted by atomic mass is 10.1. The van der Waals surface area contributed by atoms with E-state index in [4.69, 9.17) is 22.5 Å². The molecule has 0 saturated carbocycles. The fourth-order valence-corrected chi connectivity index (χ4v) is 2.17. The Kier molecular flexibility index (Phi) is 3.49. The summed E-state index contributed by atoms with van der Waals surface area (Å²) in [4.78, 5) is 8.98. The second-order valence-corrected chi connectivity index (χ2v) is 4.96. The number of aryl methyl sites for hydroxylation is 1. The summed E-state index contributed by atoms with van der Waals surface area (Å²) in [5.41, 5.74) is 7.34. The Bertz CT molecular complexity index is 814. The van der Waals surface area contributed by atoms with Crippen LogP contribution in [0.1, 0.15) is 17.3 Å². The van der Waals surface area contributed by atoms with Gasteiger partial charge in [0.25, 0.3) is 0 Å². The second kappa shape index (κ2) is 5.45. The lowest BCUT2D eigenvalue weighted by Gasteiger charge is -2.10. The van der Waals surface area contributed by atoms with E-state index in [-0.39, 0.29) is 0 Å². The molecule has 0 aliphatic rings. The minimum absolute atomic E-state index is 0.292. The summed E-state index contributed by atoms with van der Waals surface area (Å²) in [5, 5.41) is 7.97. The second-order valence-electron chi connectivity index (χ2n) is 4.52. The van der Waals surface area contributed by atoms with Gasteiger partial charge in [-0.05, 0) is 12.1 Å². The number of fused-ring (bicyclic) bond motifs is 1. The monoisotopic (exact) mass is 299 g/mol. The number of aromatic nitrogens is 3. The van der Waals surface area contributed by atoms with Gasteiger partial charge in [-0.2, -0.15) is 4.98 Å². The van der Waals surface area contributed by atoms with E-state index in [1.54, 1.807) is 6.92 Å². The number of para-hydroxylation sites is 1. The Hall–Kier alpha value is -2.54. The normalized spacial score (nSPS) is 10.7. The molecule has 0 amide bonds. The van der Waals surface area contributed by atoms with Gasteiger partial charge in [0.05, 0.1) is 17.6 Å². The summed E-state index contributed by atoms with van der Waals surface area (Å²) >= 11 is 5.10. The number of thiocarbonyl (C=S) groups is 1. The highest BCUT2D eigenvalue weighted by molar-refractivity contribution is 7.80. The molecule has 7 heteroatoms. The minimum Gasteiger partial charge on any atom is -0.389 e. The zero-order valence-electron chi connectivity index (χ0n) is 11.3. The van der Waals surface area contributed by atoms with E-state index in [1.807, 2.05) is 30.3 Å². The SMILES string of the molecule is Cc1nc(CNc2nc3ccccc3cc2C(N)=S)no1. The van der Waals surface area contributed by atoms with Crippen molar-refractivity contribution in [3.63, 3.8) is 0 Å². The van der Waals surface area contributed by atoms with E-state index in [0.29, 0.717) is 34.6 Å². The molecule has 0 saturated heterocycles. The van der Waals surface area contributed by atoms with Crippen molar-refractivity contribution in [1.29, 1.82) is 0 Å². The molecule has 3 N–H and O–H groups in total. The van der Waals surface area contributed by atoms with E-state index < -0.39 is 0 Å². The van der Waals surface area contributed by atoms with Gasteiger partial charge in [-0.15, -0.1) is 0 Å². The molecule has 0 unspecified atom stereocenters. The van der Waals surface area contributed by atoms with E-state index in [0.717, 1.165) is 10.9 Å². The lowest BCUT2D eigenvalue weighted by Crippen LogP contribution is -2.15. The average Bonchev–Trinajstić information content (AvgIpc) is 2.89. The number of hydrogen-bond donors (Lipinski definition) is 2. The number of nitrogens with one attached hydrogen (secondary N) is 1. The summed E-state index contributed by atoms with van der Waals surface area (Å²) in [6.45, 7) is 2.13.